The van der Waals surface area contributed by atoms with E-state index in [4.69, 9.17) is 4.74 Å². The van der Waals surface area contributed by atoms with Crippen molar-refractivity contribution in [2.24, 2.45) is 0 Å². The number of nitrogens with one attached hydrogen (secondary N) is 1. The number of carbonyl (C=O) groups is 2. The summed E-state index contributed by atoms with van der Waals surface area (Å²) < 4.78 is 7.89. The lowest BCUT2D eigenvalue weighted by Crippen LogP contribution is -2.25. The Kier molecular flexibility index (Phi) is 6.08. The molecule has 2 amide bonds. The standard InChI is InChI=1S/C21H24N6O3S/c1-13(2)27-12-24-17-18(22-11-23-19(17)27)26(3)8-9-30-15-6-4-14(5-7-15)10-16-20(28)25-21(29)31-16/h4-7,11-13,16H,8-10H2,1-3H3,(H,25,28,29). The fraction of sp³-hybridized carbons (Fsp3) is 0.381. The van der Waals surface area contributed by atoms with E-state index in [2.05, 4.69) is 34.1 Å². The molecule has 2 aromatic heterocycles. The first-order valence-corrected chi connectivity index (χ1v) is 10.9. The summed E-state index contributed by atoms with van der Waals surface area (Å²) in [6, 6.07) is 7.86. The van der Waals surface area contributed by atoms with Gasteiger partial charge in [-0.3, -0.25) is 14.9 Å². The largest absolute Gasteiger partial charge is 0.492 e. The number of ether oxygens (including phenoxy) is 1. The molecule has 0 spiro atoms. The topological polar surface area (TPSA) is 102 Å². The smallest absolute Gasteiger partial charge is 0.286 e. The van der Waals surface area contributed by atoms with E-state index in [1.54, 1.807) is 12.7 Å². The van der Waals surface area contributed by atoms with Gasteiger partial charge < -0.3 is 14.2 Å². The lowest BCUT2D eigenvalue weighted by atomic mass is 10.1. The number of thioether (sulfide) groups is 1. The molecule has 1 unspecified atom stereocenters. The zero-order chi connectivity index (χ0) is 22.0. The molecule has 31 heavy (non-hydrogen) atoms. The third kappa shape index (κ3) is 4.63. The van der Waals surface area contributed by atoms with Crippen LogP contribution < -0.4 is 15.0 Å². The van der Waals surface area contributed by atoms with Crippen molar-refractivity contribution in [1.82, 2.24) is 24.8 Å². The number of nitrogens with zero attached hydrogens (tertiary/aromatic N) is 5. The highest BCUT2D eigenvalue weighted by molar-refractivity contribution is 8.15. The van der Waals surface area contributed by atoms with Gasteiger partial charge in [0.1, 0.15) is 18.7 Å². The molecule has 1 aliphatic heterocycles. The summed E-state index contributed by atoms with van der Waals surface area (Å²) in [6.07, 6.45) is 3.87. The van der Waals surface area contributed by atoms with Gasteiger partial charge in [0.05, 0.1) is 18.1 Å². The fourth-order valence-corrected chi connectivity index (χ4v) is 4.23. The summed E-state index contributed by atoms with van der Waals surface area (Å²) in [7, 11) is 1.95. The third-order valence-electron chi connectivity index (χ3n) is 5.06. The van der Waals surface area contributed by atoms with Crippen molar-refractivity contribution in [3.05, 3.63) is 42.5 Å². The predicted octanol–water partition coefficient (Wildman–Crippen LogP) is 2.82. The lowest BCUT2D eigenvalue weighted by molar-refractivity contribution is -0.118. The maximum atomic E-state index is 11.7. The van der Waals surface area contributed by atoms with Crippen LogP contribution in [0.5, 0.6) is 5.75 Å². The van der Waals surface area contributed by atoms with Crippen LogP contribution in [-0.4, -0.2) is 56.1 Å². The van der Waals surface area contributed by atoms with E-state index < -0.39 is 0 Å². The highest BCUT2D eigenvalue weighted by atomic mass is 32.2. The van der Waals surface area contributed by atoms with Crippen LogP contribution in [0.1, 0.15) is 25.5 Å². The van der Waals surface area contributed by atoms with Gasteiger partial charge in [-0.05, 0) is 38.0 Å². The van der Waals surface area contributed by atoms with E-state index in [1.807, 2.05) is 40.8 Å². The molecule has 1 aromatic carbocycles. The van der Waals surface area contributed by atoms with Crippen LogP contribution in [-0.2, 0) is 11.2 Å². The average Bonchev–Trinajstić information content (AvgIpc) is 3.31. The number of benzene rings is 1. The zero-order valence-corrected chi connectivity index (χ0v) is 18.4. The maximum Gasteiger partial charge on any atom is 0.286 e. The number of likely N-dealkylation sites (N-methyl/N-ethyl adjacent to an activating group) is 1. The molecule has 0 radical (unpaired) electrons. The summed E-state index contributed by atoms with van der Waals surface area (Å²) in [6.45, 7) is 5.28. The molecule has 1 N–H and O–H groups in total. The predicted molar refractivity (Wildman–Crippen MR) is 120 cm³/mol. The first-order valence-electron chi connectivity index (χ1n) is 10.0. The SMILES string of the molecule is CC(C)n1cnc2c(N(C)CCOc3ccc(CC4SC(=O)NC4=O)cc3)ncnc21. The van der Waals surface area contributed by atoms with Gasteiger partial charge in [-0.1, -0.05) is 23.9 Å². The van der Waals surface area contributed by atoms with E-state index >= 15 is 0 Å². The Labute approximate surface area is 184 Å². The van der Waals surface area contributed by atoms with Gasteiger partial charge >= 0.3 is 0 Å². The van der Waals surface area contributed by atoms with Crippen molar-refractivity contribution in [2.75, 3.05) is 25.1 Å². The van der Waals surface area contributed by atoms with Crippen LogP contribution in [0.25, 0.3) is 11.2 Å². The number of rotatable bonds is 8. The summed E-state index contributed by atoms with van der Waals surface area (Å²) in [5.41, 5.74) is 2.57. The van der Waals surface area contributed by atoms with Crippen molar-refractivity contribution in [1.29, 1.82) is 0 Å². The molecule has 0 aliphatic carbocycles. The number of fused-ring (bicyclic) bond motifs is 1. The molecule has 162 valence electrons. The highest BCUT2D eigenvalue weighted by Crippen LogP contribution is 2.24. The molecule has 1 aliphatic rings. The zero-order valence-electron chi connectivity index (χ0n) is 17.6. The number of carbonyl (C=O) groups excluding carboxylic acids is 2. The Balaban J connectivity index is 1.33. The van der Waals surface area contributed by atoms with Gasteiger partial charge in [0, 0.05) is 13.1 Å². The molecule has 1 saturated heterocycles. The summed E-state index contributed by atoms with van der Waals surface area (Å²) in [4.78, 5) is 38.3. The number of imidazole rings is 1. The first kappa shape index (κ1) is 21.1. The van der Waals surface area contributed by atoms with Crippen LogP contribution in [0.4, 0.5) is 10.6 Å². The van der Waals surface area contributed by atoms with Crippen molar-refractivity contribution in [2.45, 2.75) is 31.6 Å². The third-order valence-corrected chi connectivity index (χ3v) is 6.05. The van der Waals surface area contributed by atoms with Crippen molar-refractivity contribution in [3.63, 3.8) is 0 Å². The summed E-state index contributed by atoms with van der Waals surface area (Å²) in [5, 5.41) is 1.66. The van der Waals surface area contributed by atoms with Gasteiger partial charge in [0.15, 0.2) is 17.0 Å². The van der Waals surface area contributed by atoms with Crippen LogP contribution in [0.2, 0.25) is 0 Å². The Morgan fingerprint density at radius 1 is 1.19 bits per heavy atom. The number of hydrogen-bond acceptors (Lipinski definition) is 8. The molecule has 0 saturated carbocycles. The Bertz CT molecular complexity index is 1100. The van der Waals surface area contributed by atoms with E-state index in [0.29, 0.717) is 19.6 Å². The summed E-state index contributed by atoms with van der Waals surface area (Å²) >= 11 is 1.04. The highest BCUT2D eigenvalue weighted by Gasteiger charge is 2.31. The van der Waals surface area contributed by atoms with Crippen LogP contribution >= 0.6 is 11.8 Å². The van der Waals surface area contributed by atoms with E-state index in [9.17, 15) is 9.59 Å². The van der Waals surface area contributed by atoms with Gasteiger partial charge in [0.25, 0.3) is 5.24 Å². The van der Waals surface area contributed by atoms with Crippen LogP contribution in [0, 0.1) is 0 Å². The molecular weight excluding hydrogens is 416 g/mol. The number of imide groups is 1. The molecule has 10 heteroatoms. The number of hydrogen-bond donors (Lipinski definition) is 1. The number of aromatic nitrogens is 4. The van der Waals surface area contributed by atoms with Gasteiger partial charge in [-0.25, -0.2) is 15.0 Å². The monoisotopic (exact) mass is 440 g/mol. The Morgan fingerprint density at radius 2 is 1.97 bits per heavy atom. The van der Waals surface area contributed by atoms with Gasteiger partial charge in [-0.15, -0.1) is 0 Å². The summed E-state index contributed by atoms with van der Waals surface area (Å²) in [5.74, 6) is 1.29. The number of anilines is 1. The minimum atomic E-state index is -0.364. The molecule has 9 nitrogen and oxygen atoms in total. The molecule has 1 fully saturated rings. The minimum absolute atomic E-state index is 0.226. The molecule has 1 atom stereocenters. The second-order valence-corrected chi connectivity index (χ2v) is 8.79. The average molecular weight is 441 g/mol. The second-order valence-electron chi connectivity index (χ2n) is 7.62. The number of amides is 2. The Hall–Kier alpha value is -3.14. The lowest BCUT2D eigenvalue weighted by Gasteiger charge is -2.18. The van der Waals surface area contributed by atoms with Crippen molar-refractivity contribution in [3.8, 4) is 5.75 Å². The van der Waals surface area contributed by atoms with Crippen molar-refractivity contribution >= 4 is 39.9 Å². The molecule has 4 rings (SSSR count). The van der Waals surface area contributed by atoms with E-state index in [1.165, 1.54) is 0 Å². The second kappa shape index (κ2) is 8.93. The molecule has 0 bridgehead atoms. The van der Waals surface area contributed by atoms with Gasteiger partial charge in [0.2, 0.25) is 5.91 Å². The van der Waals surface area contributed by atoms with Crippen LogP contribution in [0.15, 0.2) is 36.9 Å². The van der Waals surface area contributed by atoms with Crippen molar-refractivity contribution < 1.29 is 14.3 Å². The molecule has 3 heterocycles. The van der Waals surface area contributed by atoms with E-state index in [0.717, 1.165) is 40.1 Å². The minimum Gasteiger partial charge on any atom is -0.492 e. The van der Waals surface area contributed by atoms with Crippen LogP contribution in [0.3, 0.4) is 0 Å². The van der Waals surface area contributed by atoms with E-state index in [-0.39, 0.29) is 22.4 Å². The Morgan fingerprint density at radius 3 is 2.65 bits per heavy atom. The fourth-order valence-electron chi connectivity index (χ4n) is 3.37. The molecule has 3 aromatic rings. The maximum absolute atomic E-state index is 11.7. The first-order chi connectivity index (χ1) is 14.9. The normalized spacial score (nSPS) is 16.2. The van der Waals surface area contributed by atoms with Gasteiger partial charge in [-0.2, -0.15) is 0 Å². The molecular formula is C21H24N6O3S. The quantitative estimate of drug-likeness (QED) is 0.570.